The van der Waals surface area contributed by atoms with Crippen LogP contribution >= 0.6 is 0 Å². The van der Waals surface area contributed by atoms with Gasteiger partial charge in [-0.2, -0.15) is 4.98 Å². The van der Waals surface area contributed by atoms with E-state index in [0.717, 1.165) is 0 Å². The van der Waals surface area contributed by atoms with Crippen molar-refractivity contribution in [3.05, 3.63) is 18.0 Å². The standard InChI is InChI=1S/C12H14N4O4/c1-19-9-6-10(17)16-7-8(13-12(16)14-9)11(18)15-2-4-20-5-3-15/h6-7,17H,2-5H2,1H3. The minimum absolute atomic E-state index is 0.0830. The van der Waals surface area contributed by atoms with Gasteiger partial charge in [-0.25, -0.2) is 4.98 Å². The molecule has 1 aliphatic rings. The fourth-order valence-electron chi connectivity index (χ4n) is 2.06. The Hall–Kier alpha value is -2.35. The predicted molar refractivity (Wildman–Crippen MR) is 67.9 cm³/mol. The lowest BCUT2D eigenvalue weighted by Crippen LogP contribution is -2.40. The second-order valence-corrected chi connectivity index (χ2v) is 4.36. The molecule has 1 saturated heterocycles. The lowest BCUT2D eigenvalue weighted by atomic mass is 10.3. The van der Waals surface area contributed by atoms with Crippen LogP contribution in [0.4, 0.5) is 0 Å². The van der Waals surface area contributed by atoms with Crippen LogP contribution in [0.25, 0.3) is 5.78 Å². The first kappa shape index (κ1) is 12.7. The lowest BCUT2D eigenvalue weighted by Gasteiger charge is -2.25. The number of carbonyl (C=O) groups is 1. The number of fused-ring (bicyclic) bond motifs is 1. The van der Waals surface area contributed by atoms with E-state index in [-0.39, 0.29) is 29.1 Å². The molecule has 1 amide bonds. The van der Waals surface area contributed by atoms with Crippen LogP contribution in [0.1, 0.15) is 10.5 Å². The Morgan fingerprint density at radius 1 is 1.40 bits per heavy atom. The summed E-state index contributed by atoms with van der Waals surface area (Å²) in [5.74, 6) is 0.182. The van der Waals surface area contributed by atoms with Gasteiger partial charge in [0.25, 0.3) is 5.91 Å². The minimum Gasteiger partial charge on any atom is -0.494 e. The molecule has 2 aromatic heterocycles. The number of imidazole rings is 1. The van der Waals surface area contributed by atoms with Gasteiger partial charge in [0, 0.05) is 19.3 Å². The molecular weight excluding hydrogens is 264 g/mol. The van der Waals surface area contributed by atoms with Gasteiger partial charge in [0.2, 0.25) is 17.5 Å². The second kappa shape index (κ2) is 4.97. The summed E-state index contributed by atoms with van der Waals surface area (Å²) in [5, 5.41) is 9.85. The van der Waals surface area contributed by atoms with E-state index < -0.39 is 0 Å². The number of methoxy groups -OCH3 is 1. The molecule has 0 saturated carbocycles. The highest BCUT2D eigenvalue weighted by molar-refractivity contribution is 5.92. The molecule has 0 unspecified atom stereocenters. The van der Waals surface area contributed by atoms with Crippen LogP contribution in [0, 0.1) is 0 Å². The fraction of sp³-hybridized carbons (Fsp3) is 0.417. The molecule has 106 valence electrons. The zero-order valence-electron chi connectivity index (χ0n) is 10.9. The number of ether oxygens (including phenoxy) is 2. The molecule has 8 nitrogen and oxygen atoms in total. The lowest BCUT2D eigenvalue weighted by molar-refractivity contribution is 0.0299. The van der Waals surface area contributed by atoms with E-state index >= 15 is 0 Å². The zero-order chi connectivity index (χ0) is 14.1. The van der Waals surface area contributed by atoms with E-state index in [4.69, 9.17) is 9.47 Å². The van der Waals surface area contributed by atoms with Crippen molar-refractivity contribution in [3.63, 3.8) is 0 Å². The quantitative estimate of drug-likeness (QED) is 0.826. The number of hydrogen-bond donors (Lipinski definition) is 1. The third-order valence-electron chi connectivity index (χ3n) is 3.12. The highest BCUT2D eigenvalue weighted by Gasteiger charge is 2.22. The number of hydrogen-bond acceptors (Lipinski definition) is 6. The third kappa shape index (κ3) is 2.14. The van der Waals surface area contributed by atoms with Crippen LogP contribution in [0.2, 0.25) is 0 Å². The second-order valence-electron chi connectivity index (χ2n) is 4.36. The van der Waals surface area contributed by atoms with Crippen molar-refractivity contribution in [2.45, 2.75) is 0 Å². The summed E-state index contributed by atoms with van der Waals surface area (Å²) in [5.41, 5.74) is 0.239. The summed E-state index contributed by atoms with van der Waals surface area (Å²) < 4.78 is 11.5. The monoisotopic (exact) mass is 278 g/mol. The fourth-order valence-corrected chi connectivity index (χ4v) is 2.06. The number of nitrogens with zero attached hydrogens (tertiary/aromatic N) is 4. The molecule has 8 heteroatoms. The van der Waals surface area contributed by atoms with Gasteiger partial charge in [-0.1, -0.05) is 0 Å². The summed E-state index contributed by atoms with van der Waals surface area (Å²) in [7, 11) is 1.45. The molecule has 0 radical (unpaired) electrons. The highest BCUT2D eigenvalue weighted by atomic mass is 16.5. The molecule has 2 aromatic rings. The molecule has 1 aliphatic heterocycles. The van der Waals surface area contributed by atoms with Gasteiger partial charge in [-0.15, -0.1) is 0 Å². The van der Waals surface area contributed by atoms with E-state index in [1.54, 1.807) is 4.90 Å². The number of morpholine rings is 1. The summed E-state index contributed by atoms with van der Waals surface area (Å²) in [6.45, 7) is 2.12. The highest BCUT2D eigenvalue weighted by Crippen LogP contribution is 2.19. The number of carbonyl (C=O) groups excluding carboxylic acids is 1. The van der Waals surface area contributed by atoms with Gasteiger partial charge >= 0.3 is 0 Å². The third-order valence-corrected chi connectivity index (χ3v) is 3.12. The van der Waals surface area contributed by atoms with Crippen LogP contribution in [0.5, 0.6) is 11.8 Å². The molecule has 0 aromatic carbocycles. The normalized spacial score (nSPS) is 15.6. The summed E-state index contributed by atoms with van der Waals surface area (Å²) in [6, 6.07) is 1.36. The van der Waals surface area contributed by atoms with Crippen molar-refractivity contribution >= 4 is 11.7 Å². The van der Waals surface area contributed by atoms with E-state index in [1.165, 1.54) is 23.8 Å². The molecule has 1 N–H and O–H groups in total. The Labute approximate surface area is 114 Å². The maximum atomic E-state index is 12.3. The summed E-state index contributed by atoms with van der Waals surface area (Å²) in [4.78, 5) is 22.2. The van der Waals surface area contributed by atoms with Gasteiger partial charge in [0.15, 0.2) is 0 Å². The molecule has 3 heterocycles. The van der Waals surface area contributed by atoms with Gasteiger partial charge in [-0.05, 0) is 0 Å². The molecule has 3 rings (SSSR count). The molecule has 20 heavy (non-hydrogen) atoms. The number of rotatable bonds is 2. The van der Waals surface area contributed by atoms with Crippen molar-refractivity contribution in [1.82, 2.24) is 19.3 Å². The first-order chi connectivity index (χ1) is 9.69. The van der Waals surface area contributed by atoms with Crippen molar-refractivity contribution in [1.29, 1.82) is 0 Å². The minimum atomic E-state index is -0.197. The Morgan fingerprint density at radius 3 is 2.85 bits per heavy atom. The van der Waals surface area contributed by atoms with E-state index in [2.05, 4.69) is 9.97 Å². The Morgan fingerprint density at radius 2 is 2.15 bits per heavy atom. The average Bonchev–Trinajstić information content (AvgIpc) is 2.92. The summed E-state index contributed by atoms with van der Waals surface area (Å²) >= 11 is 0. The molecular formula is C12H14N4O4. The number of amides is 1. The molecule has 0 bridgehead atoms. The van der Waals surface area contributed by atoms with Crippen molar-refractivity contribution in [2.24, 2.45) is 0 Å². The molecule has 1 fully saturated rings. The first-order valence-corrected chi connectivity index (χ1v) is 6.19. The van der Waals surface area contributed by atoms with Crippen molar-refractivity contribution in [2.75, 3.05) is 33.4 Å². The average molecular weight is 278 g/mol. The summed E-state index contributed by atoms with van der Waals surface area (Å²) in [6.07, 6.45) is 1.47. The van der Waals surface area contributed by atoms with E-state index in [0.29, 0.717) is 26.3 Å². The predicted octanol–water partition coefficient (Wildman–Crippen LogP) is -0.0841. The Balaban J connectivity index is 1.95. The van der Waals surface area contributed by atoms with Crippen LogP contribution in [-0.4, -0.2) is 63.7 Å². The van der Waals surface area contributed by atoms with Gasteiger partial charge in [-0.3, -0.25) is 9.20 Å². The van der Waals surface area contributed by atoms with Crippen LogP contribution in [0.15, 0.2) is 12.3 Å². The van der Waals surface area contributed by atoms with Crippen LogP contribution < -0.4 is 4.74 Å². The molecule has 0 spiro atoms. The number of aromatic hydroxyl groups is 1. The number of aromatic nitrogens is 3. The smallest absolute Gasteiger partial charge is 0.274 e. The maximum absolute atomic E-state index is 12.3. The van der Waals surface area contributed by atoms with Crippen molar-refractivity contribution < 1.29 is 19.4 Å². The maximum Gasteiger partial charge on any atom is 0.274 e. The Kier molecular flexibility index (Phi) is 3.15. The van der Waals surface area contributed by atoms with Crippen LogP contribution in [-0.2, 0) is 4.74 Å². The van der Waals surface area contributed by atoms with E-state index in [9.17, 15) is 9.90 Å². The zero-order valence-corrected chi connectivity index (χ0v) is 10.9. The van der Waals surface area contributed by atoms with E-state index in [1.807, 2.05) is 0 Å². The van der Waals surface area contributed by atoms with Crippen molar-refractivity contribution in [3.8, 4) is 11.8 Å². The van der Waals surface area contributed by atoms with Gasteiger partial charge < -0.3 is 19.5 Å². The van der Waals surface area contributed by atoms with Gasteiger partial charge in [0.1, 0.15) is 5.69 Å². The molecule has 0 aliphatic carbocycles. The molecule has 0 atom stereocenters. The SMILES string of the molecule is COc1cc(O)n2cc(C(=O)N3CCOCC3)nc2n1. The largest absolute Gasteiger partial charge is 0.494 e. The van der Waals surface area contributed by atoms with Crippen LogP contribution in [0.3, 0.4) is 0 Å². The first-order valence-electron chi connectivity index (χ1n) is 6.19. The topological polar surface area (TPSA) is 89.2 Å². The Bertz CT molecular complexity index is 648. The van der Waals surface area contributed by atoms with Gasteiger partial charge in [0.05, 0.1) is 26.4 Å².